The normalized spacial score (nSPS) is 10.5. The average molecular weight is 314 g/mol. The number of amides is 1. The molecule has 23 heavy (non-hydrogen) atoms. The Hall–Kier alpha value is -2.56. The summed E-state index contributed by atoms with van der Waals surface area (Å²) in [5, 5.41) is 2.89. The maximum absolute atomic E-state index is 12.2. The molecule has 1 aromatic carbocycles. The monoisotopic (exact) mass is 314 g/mol. The molecule has 0 aliphatic heterocycles. The van der Waals surface area contributed by atoms with E-state index in [-0.39, 0.29) is 5.91 Å². The molecule has 0 saturated heterocycles. The van der Waals surface area contributed by atoms with Crippen molar-refractivity contribution < 1.29 is 14.3 Å². The molecule has 0 saturated carbocycles. The van der Waals surface area contributed by atoms with Gasteiger partial charge in [-0.25, -0.2) is 0 Å². The Labute approximate surface area is 136 Å². The van der Waals surface area contributed by atoms with E-state index in [2.05, 4.69) is 24.1 Å². The summed E-state index contributed by atoms with van der Waals surface area (Å²) in [6, 6.07) is 7.35. The molecule has 0 aliphatic rings. The minimum atomic E-state index is -0.137. The molecule has 1 N–H and O–H groups in total. The highest BCUT2D eigenvalue weighted by atomic mass is 16.5. The number of pyridine rings is 1. The van der Waals surface area contributed by atoms with E-state index >= 15 is 0 Å². The van der Waals surface area contributed by atoms with Gasteiger partial charge in [-0.05, 0) is 24.1 Å². The van der Waals surface area contributed by atoms with Gasteiger partial charge in [-0.1, -0.05) is 19.9 Å². The zero-order valence-electron chi connectivity index (χ0n) is 13.9. The first-order chi connectivity index (χ1) is 11.1. The minimum absolute atomic E-state index is 0.137. The first kappa shape index (κ1) is 16.8. The lowest BCUT2D eigenvalue weighted by atomic mass is 10.0. The molecule has 0 unspecified atom stereocenters. The molecule has 0 aliphatic carbocycles. The van der Waals surface area contributed by atoms with Crippen LogP contribution in [0.15, 0.2) is 36.7 Å². The predicted molar refractivity (Wildman–Crippen MR) is 89.9 cm³/mol. The fraction of sp³-hybridized carbons (Fsp3) is 0.333. The number of carbonyl (C=O) groups excluding carboxylic acids is 1. The van der Waals surface area contributed by atoms with Gasteiger partial charge in [-0.3, -0.25) is 9.78 Å². The van der Waals surface area contributed by atoms with Crippen LogP contribution in [-0.4, -0.2) is 31.7 Å². The lowest BCUT2D eigenvalue weighted by Gasteiger charge is -2.14. The van der Waals surface area contributed by atoms with Gasteiger partial charge in [0, 0.05) is 24.5 Å². The summed E-state index contributed by atoms with van der Waals surface area (Å²) in [5.41, 5.74) is 2.07. The molecular formula is C18H22N2O3. The van der Waals surface area contributed by atoms with Gasteiger partial charge in [0.05, 0.1) is 25.3 Å². The molecule has 2 aromatic rings. The van der Waals surface area contributed by atoms with Crippen LogP contribution in [0.5, 0.6) is 11.5 Å². The first-order valence-electron chi connectivity index (χ1n) is 7.51. The zero-order chi connectivity index (χ0) is 16.8. The van der Waals surface area contributed by atoms with Crippen LogP contribution in [0.3, 0.4) is 0 Å². The fourth-order valence-electron chi connectivity index (χ4n) is 2.24. The Morgan fingerprint density at radius 1 is 1.17 bits per heavy atom. The Balaban J connectivity index is 2.39. The van der Waals surface area contributed by atoms with E-state index in [4.69, 9.17) is 9.47 Å². The SMILES string of the molecule is COc1cccc(OC)c1-c1cncc(C(=O)NCC(C)C)c1. The first-order valence-corrected chi connectivity index (χ1v) is 7.51. The molecule has 0 atom stereocenters. The maximum Gasteiger partial charge on any atom is 0.252 e. The molecule has 0 radical (unpaired) electrons. The van der Waals surface area contributed by atoms with Gasteiger partial charge >= 0.3 is 0 Å². The van der Waals surface area contributed by atoms with Crippen LogP contribution in [0.2, 0.25) is 0 Å². The van der Waals surface area contributed by atoms with Gasteiger partial charge in [-0.2, -0.15) is 0 Å². The number of ether oxygens (including phenoxy) is 2. The Kier molecular flexibility index (Phi) is 5.57. The molecular weight excluding hydrogens is 292 g/mol. The summed E-state index contributed by atoms with van der Waals surface area (Å²) in [7, 11) is 3.20. The number of nitrogens with one attached hydrogen (secondary N) is 1. The van der Waals surface area contributed by atoms with E-state index in [9.17, 15) is 4.79 Å². The molecule has 0 spiro atoms. The highest BCUT2D eigenvalue weighted by molar-refractivity contribution is 5.95. The van der Waals surface area contributed by atoms with E-state index < -0.39 is 0 Å². The third-order valence-corrected chi connectivity index (χ3v) is 3.39. The highest BCUT2D eigenvalue weighted by Crippen LogP contribution is 2.38. The van der Waals surface area contributed by atoms with Crippen LogP contribution in [0, 0.1) is 5.92 Å². The number of rotatable bonds is 6. The summed E-state index contributed by atoms with van der Waals surface area (Å²) >= 11 is 0. The zero-order valence-corrected chi connectivity index (χ0v) is 13.9. The van der Waals surface area contributed by atoms with Crippen LogP contribution in [-0.2, 0) is 0 Å². The predicted octanol–water partition coefficient (Wildman–Crippen LogP) is 3.15. The Morgan fingerprint density at radius 3 is 2.39 bits per heavy atom. The number of hydrogen-bond donors (Lipinski definition) is 1. The number of aromatic nitrogens is 1. The molecule has 5 heteroatoms. The topological polar surface area (TPSA) is 60.5 Å². The quantitative estimate of drug-likeness (QED) is 0.890. The third-order valence-electron chi connectivity index (χ3n) is 3.39. The van der Waals surface area contributed by atoms with Gasteiger partial charge in [0.15, 0.2) is 0 Å². The Bertz CT molecular complexity index is 661. The van der Waals surface area contributed by atoms with Crippen LogP contribution in [0.1, 0.15) is 24.2 Å². The van der Waals surface area contributed by atoms with E-state index in [1.54, 1.807) is 32.7 Å². The third kappa shape index (κ3) is 4.00. The van der Waals surface area contributed by atoms with Crippen molar-refractivity contribution in [1.29, 1.82) is 0 Å². The lowest BCUT2D eigenvalue weighted by molar-refractivity contribution is 0.0948. The molecule has 1 amide bonds. The summed E-state index contributed by atoms with van der Waals surface area (Å²) in [5.74, 6) is 1.60. The van der Waals surface area contributed by atoms with Crippen molar-refractivity contribution in [3.8, 4) is 22.6 Å². The number of methoxy groups -OCH3 is 2. The largest absolute Gasteiger partial charge is 0.496 e. The summed E-state index contributed by atoms with van der Waals surface area (Å²) in [6.07, 6.45) is 3.25. The minimum Gasteiger partial charge on any atom is -0.496 e. The molecule has 5 nitrogen and oxygen atoms in total. The molecule has 0 fully saturated rings. The molecule has 1 heterocycles. The van der Waals surface area contributed by atoms with Gasteiger partial charge in [-0.15, -0.1) is 0 Å². The van der Waals surface area contributed by atoms with Gasteiger partial charge < -0.3 is 14.8 Å². The highest BCUT2D eigenvalue weighted by Gasteiger charge is 2.15. The second-order valence-corrected chi connectivity index (χ2v) is 5.60. The number of carbonyl (C=O) groups is 1. The molecule has 2 rings (SSSR count). The van der Waals surface area contributed by atoms with Crippen molar-refractivity contribution in [3.63, 3.8) is 0 Å². The van der Waals surface area contributed by atoms with Crippen molar-refractivity contribution in [2.24, 2.45) is 5.92 Å². The van der Waals surface area contributed by atoms with Crippen LogP contribution >= 0.6 is 0 Å². The molecule has 0 bridgehead atoms. The summed E-state index contributed by atoms with van der Waals surface area (Å²) < 4.78 is 10.8. The van der Waals surface area contributed by atoms with Gasteiger partial charge in [0.1, 0.15) is 11.5 Å². The maximum atomic E-state index is 12.2. The summed E-state index contributed by atoms with van der Waals surface area (Å²) in [6.45, 7) is 4.73. The van der Waals surface area contributed by atoms with Crippen molar-refractivity contribution >= 4 is 5.91 Å². The van der Waals surface area contributed by atoms with E-state index in [1.807, 2.05) is 18.2 Å². The van der Waals surface area contributed by atoms with Crippen LogP contribution in [0.25, 0.3) is 11.1 Å². The van der Waals surface area contributed by atoms with Crippen LogP contribution in [0.4, 0.5) is 0 Å². The second-order valence-electron chi connectivity index (χ2n) is 5.60. The number of nitrogens with zero attached hydrogens (tertiary/aromatic N) is 1. The fourth-order valence-corrected chi connectivity index (χ4v) is 2.24. The van der Waals surface area contributed by atoms with E-state index in [0.717, 1.165) is 11.1 Å². The van der Waals surface area contributed by atoms with E-state index in [0.29, 0.717) is 29.5 Å². The van der Waals surface area contributed by atoms with Crippen molar-refractivity contribution in [2.45, 2.75) is 13.8 Å². The van der Waals surface area contributed by atoms with Crippen molar-refractivity contribution in [3.05, 3.63) is 42.2 Å². The van der Waals surface area contributed by atoms with Crippen molar-refractivity contribution in [1.82, 2.24) is 10.3 Å². The van der Waals surface area contributed by atoms with Crippen LogP contribution < -0.4 is 14.8 Å². The van der Waals surface area contributed by atoms with Crippen molar-refractivity contribution in [2.75, 3.05) is 20.8 Å². The molecule has 1 aromatic heterocycles. The number of benzene rings is 1. The smallest absolute Gasteiger partial charge is 0.252 e. The average Bonchev–Trinajstić information content (AvgIpc) is 2.58. The summed E-state index contributed by atoms with van der Waals surface area (Å²) in [4.78, 5) is 16.4. The second kappa shape index (κ2) is 7.63. The van der Waals surface area contributed by atoms with Gasteiger partial charge in [0.2, 0.25) is 0 Å². The standard InChI is InChI=1S/C18H22N2O3/c1-12(2)9-20-18(21)14-8-13(10-19-11-14)17-15(22-3)6-5-7-16(17)23-4/h5-8,10-12H,9H2,1-4H3,(H,20,21). The van der Waals surface area contributed by atoms with E-state index in [1.165, 1.54) is 0 Å². The number of hydrogen-bond acceptors (Lipinski definition) is 4. The molecule has 122 valence electrons. The van der Waals surface area contributed by atoms with Gasteiger partial charge in [0.25, 0.3) is 5.91 Å². The lowest BCUT2D eigenvalue weighted by Crippen LogP contribution is -2.27. The Morgan fingerprint density at radius 2 is 1.83 bits per heavy atom.